The van der Waals surface area contributed by atoms with E-state index >= 15 is 0 Å². The Morgan fingerprint density at radius 1 is 0.328 bits per heavy atom. The smallest absolute Gasteiger partial charge is 0.160 e. The highest BCUT2D eigenvalue weighted by Gasteiger charge is 2.35. The average Bonchev–Trinajstić information content (AvgIpc) is 3.86. The van der Waals surface area contributed by atoms with Crippen LogP contribution in [-0.2, 0) is 5.41 Å². The molecule has 12 rings (SSSR count). The van der Waals surface area contributed by atoms with Crippen molar-refractivity contribution in [1.29, 1.82) is 0 Å². The van der Waals surface area contributed by atoms with Crippen LogP contribution in [0.2, 0.25) is 0 Å². The van der Waals surface area contributed by atoms with Gasteiger partial charge in [0.25, 0.3) is 0 Å². The summed E-state index contributed by atoms with van der Waals surface area (Å²) >= 11 is 0. The first-order valence-corrected chi connectivity index (χ1v) is 22.0. The van der Waals surface area contributed by atoms with Crippen molar-refractivity contribution in [3.63, 3.8) is 0 Å². The van der Waals surface area contributed by atoms with Crippen molar-refractivity contribution in [3.8, 4) is 89.5 Å². The fourth-order valence-electron chi connectivity index (χ4n) is 9.78. The van der Waals surface area contributed by atoms with Gasteiger partial charge < -0.3 is 4.42 Å². The van der Waals surface area contributed by atoms with Gasteiger partial charge in [-0.2, -0.15) is 0 Å². The van der Waals surface area contributed by atoms with E-state index in [1.807, 2.05) is 30.3 Å². The lowest BCUT2D eigenvalue weighted by atomic mass is 9.81. The SMILES string of the molecule is CC1(C)c2ccccc2-c2ccc(-c3cccc(-c4cc(-c5cc(-c6cccc(-c7ccccc7)c6)cc(-c6cccc7c6oc6ccccc67)c5)nc(-c5ccccc5)n4)c3)cc21. The number of hydrogen-bond donors (Lipinski definition) is 0. The molecule has 9 aromatic carbocycles. The van der Waals surface area contributed by atoms with E-state index in [-0.39, 0.29) is 5.41 Å². The van der Waals surface area contributed by atoms with Gasteiger partial charge in [-0.05, 0) is 110 Å². The maximum absolute atomic E-state index is 6.63. The highest BCUT2D eigenvalue weighted by Crippen LogP contribution is 2.50. The van der Waals surface area contributed by atoms with Crippen molar-refractivity contribution in [1.82, 2.24) is 9.97 Å². The van der Waals surface area contributed by atoms with E-state index in [0.29, 0.717) is 5.82 Å². The third-order valence-electron chi connectivity index (χ3n) is 13.1. The molecule has 3 nitrogen and oxygen atoms in total. The molecule has 2 aromatic heterocycles. The van der Waals surface area contributed by atoms with Crippen molar-refractivity contribution in [3.05, 3.63) is 230 Å². The molecule has 0 amide bonds. The molecule has 1 aliphatic carbocycles. The fraction of sp³-hybridized carbons (Fsp3) is 0.0492. The van der Waals surface area contributed by atoms with E-state index < -0.39 is 0 Å². The molecule has 0 saturated carbocycles. The molecule has 0 atom stereocenters. The van der Waals surface area contributed by atoms with Crippen LogP contribution < -0.4 is 0 Å². The summed E-state index contributed by atoms with van der Waals surface area (Å²) < 4.78 is 6.63. The average molecular weight is 819 g/mol. The van der Waals surface area contributed by atoms with E-state index in [0.717, 1.165) is 83.4 Å². The van der Waals surface area contributed by atoms with Crippen molar-refractivity contribution in [2.75, 3.05) is 0 Å². The van der Waals surface area contributed by atoms with E-state index in [1.165, 1.54) is 33.4 Å². The first kappa shape index (κ1) is 37.6. The van der Waals surface area contributed by atoms with Crippen molar-refractivity contribution >= 4 is 21.9 Å². The molecule has 0 radical (unpaired) electrons. The Balaban J connectivity index is 1.03. The quantitative estimate of drug-likeness (QED) is 0.161. The van der Waals surface area contributed by atoms with Gasteiger partial charge in [-0.1, -0.05) is 184 Å². The molecule has 11 aromatic rings. The molecule has 0 fully saturated rings. The first-order valence-electron chi connectivity index (χ1n) is 22.0. The van der Waals surface area contributed by atoms with Crippen LogP contribution in [0.25, 0.3) is 111 Å². The minimum atomic E-state index is -0.0854. The molecule has 302 valence electrons. The molecule has 0 bridgehead atoms. The second-order valence-corrected chi connectivity index (χ2v) is 17.4. The Labute approximate surface area is 373 Å². The molecule has 3 heteroatoms. The highest BCUT2D eigenvalue weighted by atomic mass is 16.3. The number of furan rings is 1. The zero-order chi connectivity index (χ0) is 42.8. The monoisotopic (exact) mass is 818 g/mol. The maximum atomic E-state index is 6.63. The van der Waals surface area contributed by atoms with Gasteiger partial charge in [-0.3, -0.25) is 0 Å². The van der Waals surface area contributed by atoms with Crippen LogP contribution in [0.1, 0.15) is 25.0 Å². The Morgan fingerprint density at radius 2 is 0.844 bits per heavy atom. The van der Waals surface area contributed by atoms with Gasteiger partial charge in [-0.25, -0.2) is 9.97 Å². The number of para-hydroxylation sites is 2. The third kappa shape index (κ3) is 6.44. The Bertz CT molecular complexity index is 3580. The molecule has 2 heterocycles. The van der Waals surface area contributed by atoms with Gasteiger partial charge in [0.05, 0.1) is 11.4 Å². The normalized spacial score (nSPS) is 12.7. The topological polar surface area (TPSA) is 38.9 Å². The molecule has 64 heavy (non-hydrogen) atoms. The molecule has 0 unspecified atom stereocenters. The lowest BCUT2D eigenvalue weighted by Gasteiger charge is -2.22. The predicted octanol–water partition coefficient (Wildman–Crippen LogP) is 16.4. The number of rotatable bonds is 7. The highest BCUT2D eigenvalue weighted by molar-refractivity contribution is 6.10. The second-order valence-electron chi connectivity index (χ2n) is 17.4. The molecule has 1 aliphatic rings. The van der Waals surface area contributed by atoms with Gasteiger partial charge in [0.15, 0.2) is 5.82 Å². The van der Waals surface area contributed by atoms with Crippen molar-refractivity contribution < 1.29 is 4.42 Å². The molecule has 0 N–H and O–H groups in total. The standard InChI is InChI=1S/C61H42N2O/c1-61(2)54-28-11-9-24-50(54)51-31-30-44(37-55(51)61)42-21-14-23-45(33-42)56-38-57(63-60(62-56)40-18-7-4-8-19-40)48-35-46(43-22-13-20-41(32-43)39-16-5-3-6-17-39)34-47(36-48)49-26-15-27-53-52-25-10-12-29-58(52)64-59(49)53/h3-38H,1-2H3. The number of aromatic nitrogens is 2. The van der Waals surface area contributed by atoms with Gasteiger partial charge in [-0.15, -0.1) is 0 Å². The third-order valence-corrected chi connectivity index (χ3v) is 13.1. The maximum Gasteiger partial charge on any atom is 0.160 e. The Kier molecular flexibility index (Phi) is 8.84. The first-order chi connectivity index (χ1) is 31.4. The zero-order valence-electron chi connectivity index (χ0n) is 35.6. The summed E-state index contributed by atoms with van der Waals surface area (Å²) in [6.45, 7) is 4.67. The van der Waals surface area contributed by atoms with Crippen LogP contribution in [0.3, 0.4) is 0 Å². The minimum absolute atomic E-state index is 0.0854. The van der Waals surface area contributed by atoms with Gasteiger partial charge in [0, 0.05) is 38.4 Å². The van der Waals surface area contributed by atoms with Crippen LogP contribution >= 0.6 is 0 Å². The summed E-state index contributed by atoms with van der Waals surface area (Å²) in [5.41, 5.74) is 20.7. The minimum Gasteiger partial charge on any atom is -0.455 e. The lowest BCUT2D eigenvalue weighted by Crippen LogP contribution is -2.14. The lowest BCUT2D eigenvalue weighted by molar-refractivity contribution is 0.660. The fourth-order valence-corrected chi connectivity index (χ4v) is 9.78. The Hall–Kier alpha value is -8.14. The molecule has 0 spiro atoms. The van der Waals surface area contributed by atoms with Gasteiger partial charge in [0.2, 0.25) is 0 Å². The van der Waals surface area contributed by atoms with Gasteiger partial charge in [0.1, 0.15) is 11.2 Å². The number of benzene rings is 9. The van der Waals surface area contributed by atoms with Crippen molar-refractivity contribution in [2.45, 2.75) is 19.3 Å². The van der Waals surface area contributed by atoms with Crippen LogP contribution in [0, 0.1) is 0 Å². The number of fused-ring (bicyclic) bond motifs is 6. The number of nitrogens with zero attached hydrogens (tertiary/aromatic N) is 2. The summed E-state index contributed by atoms with van der Waals surface area (Å²) in [5.74, 6) is 0.674. The van der Waals surface area contributed by atoms with Crippen LogP contribution in [0.4, 0.5) is 0 Å². The summed E-state index contributed by atoms with van der Waals surface area (Å²) in [6, 6.07) is 77.9. The van der Waals surface area contributed by atoms with E-state index in [2.05, 4.69) is 202 Å². The molecular formula is C61H42N2O. The van der Waals surface area contributed by atoms with Gasteiger partial charge >= 0.3 is 0 Å². The summed E-state index contributed by atoms with van der Waals surface area (Å²) in [7, 11) is 0. The van der Waals surface area contributed by atoms with E-state index in [1.54, 1.807) is 0 Å². The molecular weight excluding hydrogens is 777 g/mol. The largest absolute Gasteiger partial charge is 0.455 e. The number of hydrogen-bond acceptors (Lipinski definition) is 3. The van der Waals surface area contributed by atoms with Crippen LogP contribution in [0.15, 0.2) is 223 Å². The summed E-state index contributed by atoms with van der Waals surface area (Å²) in [4.78, 5) is 10.6. The Morgan fingerprint density at radius 3 is 1.66 bits per heavy atom. The summed E-state index contributed by atoms with van der Waals surface area (Å²) in [6.07, 6.45) is 0. The molecule has 0 aliphatic heterocycles. The van der Waals surface area contributed by atoms with Crippen molar-refractivity contribution in [2.24, 2.45) is 0 Å². The van der Waals surface area contributed by atoms with Crippen LogP contribution in [-0.4, -0.2) is 9.97 Å². The van der Waals surface area contributed by atoms with E-state index in [9.17, 15) is 0 Å². The molecule has 0 saturated heterocycles. The summed E-state index contributed by atoms with van der Waals surface area (Å²) in [5, 5.41) is 2.20. The van der Waals surface area contributed by atoms with E-state index in [4.69, 9.17) is 14.4 Å². The second kappa shape index (κ2) is 15.0. The predicted molar refractivity (Wildman–Crippen MR) is 265 cm³/mol. The zero-order valence-corrected chi connectivity index (χ0v) is 35.6. The van der Waals surface area contributed by atoms with Crippen LogP contribution in [0.5, 0.6) is 0 Å².